The molecular weight excluding hydrogens is 436 g/mol. The number of carbonyl (C=O) groups is 1. The van der Waals surface area contributed by atoms with E-state index in [-0.39, 0.29) is 22.8 Å². The molecule has 0 saturated heterocycles. The highest BCUT2D eigenvalue weighted by molar-refractivity contribution is 9.10. The quantitative estimate of drug-likeness (QED) is 0.316. The highest BCUT2D eigenvalue weighted by Gasteiger charge is 2.28. The van der Waals surface area contributed by atoms with Crippen LogP contribution in [0.3, 0.4) is 0 Å². The van der Waals surface area contributed by atoms with Crippen molar-refractivity contribution in [1.29, 1.82) is 0 Å². The predicted molar refractivity (Wildman–Crippen MR) is 118 cm³/mol. The second-order valence-corrected chi connectivity index (χ2v) is 7.46. The zero-order valence-electron chi connectivity index (χ0n) is 17.2. The third kappa shape index (κ3) is 5.21. The molecule has 0 aromatic heterocycles. The number of rotatable bonds is 8. The maximum absolute atomic E-state index is 13.0. The third-order valence-electron chi connectivity index (χ3n) is 4.29. The Morgan fingerprint density at radius 1 is 1.07 bits per heavy atom. The van der Waals surface area contributed by atoms with Crippen molar-refractivity contribution in [2.45, 2.75) is 20.3 Å². The number of phenolic OH excluding ortho intramolecular Hbond substituents is 1. The van der Waals surface area contributed by atoms with Crippen LogP contribution in [0.5, 0.6) is 23.0 Å². The van der Waals surface area contributed by atoms with Crippen LogP contribution in [0.1, 0.15) is 35.3 Å². The van der Waals surface area contributed by atoms with Crippen LogP contribution in [0.2, 0.25) is 0 Å². The molecule has 0 amide bonds. The first-order valence-electron chi connectivity index (χ1n) is 8.99. The van der Waals surface area contributed by atoms with Gasteiger partial charge in [0.05, 0.1) is 21.3 Å². The van der Waals surface area contributed by atoms with Gasteiger partial charge in [-0.15, -0.1) is 0 Å². The average Bonchev–Trinajstić information content (AvgIpc) is 2.69. The summed E-state index contributed by atoms with van der Waals surface area (Å²) in [5.74, 6) is 0.155. The second-order valence-electron chi connectivity index (χ2n) is 6.54. The number of aromatic hydroxyl groups is 1. The molecule has 6 heteroatoms. The first-order chi connectivity index (χ1) is 13.8. The third-order valence-corrected chi connectivity index (χ3v) is 4.78. The number of ether oxygens (including phenoxy) is 3. The number of methoxy groups -OCH3 is 3. The Balaban J connectivity index is 2.63. The molecule has 2 rings (SSSR count). The molecule has 0 aliphatic carbocycles. The molecule has 5 nitrogen and oxygen atoms in total. The summed E-state index contributed by atoms with van der Waals surface area (Å²) in [4.78, 5) is 13.0. The number of phenols is 1. The highest BCUT2D eigenvalue weighted by atomic mass is 79.9. The zero-order valence-corrected chi connectivity index (χ0v) is 18.8. The molecule has 2 aromatic carbocycles. The number of allylic oxidation sites excluding steroid dienone is 3. The van der Waals surface area contributed by atoms with Crippen LogP contribution in [0.15, 0.2) is 46.5 Å². The van der Waals surface area contributed by atoms with Gasteiger partial charge in [0.2, 0.25) is 5.75 Å². The van der Waals surface area contributed by atoms with Crippen molar-refractivity contribution in [1.82, 2.24) is 0 Å². The summed E-state index contributed by atoms with van der Waals surface area (Å²) in [6.07, 6.45) is 5.40. The van der Waals surface area contributed by atoms with Gasteiger partial charge in [0.1, 0.15) is 11.3 Å². The summed E-state index contributed by atoms with van der Waals surface area (Å²) < 4.78 is 17.3. The molecule has 0 heterocycles. The molecule has 0 fully saturated rings. The molecule has 0 atom stereocenters. The van der Waals surface area contributed by atoms with E-state index in [9.17, 15) is 9.90 Å². The minimum absolute atomic E-state index is 0.0357. The molecule has 0 aliphatic rings. The number of benzene rings is 2. The molecule has 0 bridgehead atoms. The normalized spacial score (nSPS) is 10.7. The van der Waals surface area contributed by atoms with Crippen molar-refractivity contribution in [3.8, 4) is 23.0 Å². The van der Waals surface area contributed by atoms with Gasteiger partial charge in [0.15, 0.2) is 17.3 Å². The Labute approximate surface area is 179 Å². The summed E-state index contributed by atoms with van der Waals surface area (Å²) in [5, 5.41) is 11.0. The van der Waals surface area contributed by atoms with Crippen LogP contribution in [-0.4, -0.2) is 32.2 Å². The van der Waals surface area contributed by atoms with E-state index in [4.69, 9.17) is 14.2 Å². The Morgan fingerprint density at radius 3 is 2.28 bits per heavy atom. The Morgan fingerprint density at radius 2 is 1.72 bits per heavy atom. The average molecular weight is 461 g/mol. The standard InChI is InChI=1S/C23H25BrO5/c1-14(2)9-11-17-20(26)19(22(28-4)23(29-5)21(17)27-3)18(25)12-10-15-7-6-8-16(24)13-15/h6-10,12-13,26H,11H2,1-5H3/b12-10+. The highest BCUT2D eigenvalue weighted by Crippen LogP contribution is 2.49. The first-order valence-corrected chi connectivity index (χ1v) is 9.78. The van der Waals surface area contributed by atoms with E-state index in [1.165, 1.54) is 27.4 Å². The van der Waals surface area contributed by atoms with E-state index in [2.05, 4.69) is 15.9 Å². The van der Waals surface area contributed by atoms with Crippen molar-refractivity contribution in [3.63, 3.8) is 0 Å². The summed E-state index contributed by atoms with van der Waals surface area (Å²) >= 11 is 3.41. The smallest absolute Gasteiger partial charge is 0.204 e. The van der Waals surface area contributed by atoms with Crippen molar-refractivity contribution < 1.29 is 24.1 Å². The van der Waals surface area contributed by atoms with E-state index in [1.807, 2.05) is 44.2 Å². The molecule has 1 N–H and O–H groups in total. The van der Waals surface area contributed by atoms with Gasteiger partial charge in [0.25, 0.3) is 0 Å². The molecule has 29 heavy (non-hydrogen) atoms. The van der Waals surface area contributed by atoms with Gasteiger partial charge in [-0.25, -0.2) is 0 Å². The lowest BCUT2D eigenvalue weighted by Gasteiger charge is -2.20. The van der Waals surface area contributed by atoms with E-state index in [0.29, 0.717) is 17.7 Å². The molecular formula is C23H25BrO5. The van der Waals surface area contributed by atoms with Crippen molar-refractivity contribution in [2.24, 2.45) is 0 Å². The number of halogens is 1. The summed E-state index contributed by atoms with van der Waals surface area (Å²) in [5.41, 5.74) is 2.42. The maximum atomic E-state index is 13.0. The van der Waals surface area contributed by atoms with E-state index in [1.54, 1.807) is 6.08 Å². The first kappa shape index (κ1) is 22.6. The molecule has 0 radical (unpaired) electrons. The van der Waals surface area contributed by atoms with Gasteiger partial charge in [-0.2, -0.15) is 0 Å². The van der Waals surface area contributed by atoms with Gasteiger partial charge < -0.3 is 19.3 Å². The molecule has 154 valence electrons. The van der Waals surface area contributed by atoms with Crippen molar-refractivity contribution in [3.05, 3.63) is 63.2 Å². The van der Waals surface area contributed by atoms with Gasteiger partial charge in [-0.05, 0) is 44.0 Å². The summed E-state index contributed by atoms with van der Waals surface area (Å²) in [6, 6.07) is 7.54. The van der Waals surface area contributed by atoms with Crippen molar-refractivity contribution in [2.75, 3.05) is 21.3 Å². The fourth-order valence-corrected chi connectivity index (χ4v) is 3.32. The maximum Gasteiger partial charge on any atom is 0.204 e. The molecule has 0 aliphatic heterocycles. The van der Waals surface area contributed by atoms with Gasteiger partial charge in [-0.3, -0.25) is 4.79 Å². The fraction of sp³-hybridized carbons (Fsp3) is 0.261. The van der Waals surface area contributed by atoms with Crippen LogP contribution in [-0.2, 0) is 6.42 Å². The minimum atomic E-state index is -0.404. The van der Waals surface area contributed by atoms with Crippen LogP contribution in [0.4, 0.5) is 0 Å². The second kappa shape index (κ2) is 10.2. The Kier molecular flexibility index (Phi) is 7.91. The van der Waals surface area contributed by atoms with Crippen LogP contribution in [0, 0.1) is 0 Å². The Hall–Kier alpha value is -2.73. The van der Waals surface area contributed by atoms with Gasteiger partial charge in [0, 0.05) is 10.0 Å². The van der Waals surface area contributed by atoms with Crippen molar-refractivity contribution >= 4 is 27.8 Å². The molecule has 0 spiro atoms. The molecule has 0 unspecified atom stereocenters. The lowest BCUT2D eigenvalue weighted by Crippen LogP contribution is -2.07. The largest absolute Gasteiger partial charge is 0.507 e. The van der Waals surface area contributed by atoms with Crippen LogP contribution < -0.4 is 14.2 Å². The fourth-order valence-electron chi connectivity index (χ4n) is 2.91. The number of hydrogen-bond donors (Lipinski definition) is 1. The number of ketones is 1. The lowest BCUT2D eigenvalue weighted by molar-refractivity contribution is 0.104. The molecule has 2 aromatic rings. The zero-order chi connectivity index (χ0) is 21.6. The minimum Gasteiger partial charge on any atom is -0.507 e. The lowest BCUT2D eigenvalue weighted by atomic mass is 9.98. The van der Waals surface area contributed by atoms with Gasteiger partial charge in [-0.1, -0.05) is 45.8 Å². The number of hydrogen-bond acceptors (Lipinski definition) is 5. The summed E-state index contributed by atoms with van der Waals surface area (Å²) in [6.45, 7) is 3.91. The summed E-state index contributed by atoms with van der Waals surface area (Å²) in [7, 11) is 4.37. The van der Waals surface area contributed by atoms with E-state index in [0.717, 1.165) is 15.6 Å². The monoisotopic (exact) mass is 460 g/mol. The van der Waals surface area contributed by atoms with Gasteiger partial charge >= 0.3 is 0 Å². The number of carbonyl (C=O) groups excluding carboxylic acids is 1. The van der Waals surface area contributed by atoms with Crippen LogP contribution in [0.25, 0.3) is 6.08 Å². The SMILES string of the molecule is COc1c(CC=C(C)C)c(O)c(C(=O)/C=C/c2cccc(Br)c2)c(OC)c1OC. The van der Waals surface area contributed by atoms with Crippen LogP contribution >= 0.6 is 15.9 Å². The van der Waals surface area contributed by atoms with E-state index < -0.39 is 5.78 Å². The molecule has 0 saturated carbocycles. The predicted octanol–water partition coefficient (Wildman–Crippen LogP) is 5.59. The van der Waals surface area contributed by atoms with E-state index >= 15 is 0 Å². The Bertz CT molecular complexity index is 956. The topological polar surface area (TPSA) is 65.0 Å².